The second kappa shape index (κ2) is 2.75. The minimum atomic E-state index is -0.0672. The monoisotopic (exact) mass is 250 g/mol. The number of carbonyl (C=O) groups is 2. The first-order valence-corrected chi connectivity index (χ1v) is 6.68. The van der Waals surface area contributed by atoms with E-state index < -0.39 is 0 Å². The van der Waals surface area contributed by atoms with Crippen LogP contribution in [-0.2, 0) is 0 Å². The van der Waals surface area contributed by atoms with Gasteiger partial charge in [-0.3, -0.25) is 19.6 Å². The van der Waals surface area contributed by atoms with Crippen LogP contribution in [0.25, 0.3) is 0 Å². The van der Waals surface area contributed by atoms with Gasteiger partial charge in [-0.2, -0.15) is 0 Å². The van der Waals surface area contributed by atoms with Gasteiger partial charge in [0.25, 0.3) is 0 Å². The van der Waals surface area contributed by atoms with E-state index in [4.69, 9.17) is 0 Å². The van der Waals surface area contributed by atoms with Crippen molar-refractivity contribution in [2.45, 2.75) is 64.2 Å². The summed E-state index contributed by atoms with van der Waals surface area (Å²) in [6.45, 7) is 8.15. The van der Waals surface area contributed by atoms with Gasteiger partial charge in [-0.25, -0.2) is 9.59 Å². The Bertz CT molecular complexity index is 389. The van der Waals surface area contributed by atoms with Gasteiger partial charge in [-0.05, 0) is 27.7 Å². The molecule has 0 aliphatic carbocycles. The highest BCUT2D eigenvalue weighted by atomic mass is 16.2. The second-order valence-electron chi connectivity index (χ2n) is 5.98. The molecule has 98 valence electrons. The Morgan fingerprint density at radius 1 is 0.611 bits per heavy atom. The number of nitrogens with zero attached hydrogens (tertiary/aromatic N) is 4. The van der Waals surface area contributed by atoms with Gasteiger partial charge in [0, 0.05) is 0 Å². The van der Waals surface area contributed by atoms with Crippen LogP contribution in [0.4, 0.5) is 9.59 Å². The lowest BCUT2D eigenvalue weighted by atomic mass is 10.1. The van der Waals surface area contributed by atoms with Crippen LogP contribution in [0.1, 0.15) is 27.7 Å². The minimum Gasteiger partial charge on any atom is -0.295 e. The van der Waals surface area contributed by atoms with Crippen molar-refractivity contribution in [2.24, 2.45) is 0 Å². The third-order valence-corrected chi connectivity index (χ3v) is 5.44. The number of urea groups is 2. The summed E-state index contributed by atoms with van der Waals surface area (Å²) in [4.78, 5) is 32.7. The Labute approximate surface area is 106 Å². The molecule has 4 heterocycles. The fraction of sp³-hybridized carbons (Fsp3) is 0.833. The molecular formula is C12H18N4O2. The van der Waals surface area contributed by atoms with Crippen LogP contribution < -0.4 is 0 Å². The zero-order valence-electron chi connectivity index (χ0n) is 11.1. The summed E-state index contributed by atoms with van der Waals surface area (Å²) < 4.78 is 0. The summed E-state index contributed by atoms with van der Waals surface area (Å²) in [5.74, 6) is 0. The number of rotatable bonds is 0. The van der Waals surface area contributed by atoms with E-state index in [2.05, 4.69) is 0 Å². The average molecular weight is 250 g/mol. The van der Waals surface area contributed by atoms with Crippen molar-refractivity contribution < 1.29 is 9.59 Å². The molecule has 0 spiro atoms. The second-order valence-corrected chi connectivity index (χ2v) is 5.98. The van der Waals surface area contributed by atoms with Crippen molar-refractivity contribution in [1.82, 2.24) is 19.6 Å². The van der Waals surface area contributed by atoms with Crippen LogP contribution in [0.5, 0.6) is 0 Å². The first-order chi connectivity index (χ1) is 8.46. The molecule has 0 aromatic rings. The molecule has 4 aliphatic heterocycles. The van der Waals surface area contributed by atoms with Crippen LogP contribution in [-0.4, -0.2) is 68.2 Å². The van der Waals surface area contributed by atoms with Crippen LogP contribution in [0.3, 0.4) is 0 Å². The lowest BCUT2D eigenvalue weighted by Gasteiger charge is -2.28. The maximum Gasteiger partial charge on any atom is 0.324 e. The van der Waals surface area contributed by atoms with Crippen molar-refractivity contribution in [3.05, 3.63) is 0 Å². The van der Waals surface area contributed by atoms with Crippen LogP contribution in [0.2, 0.25) is 0 Å². The summed E-state index contributed by atoms with van der Waals surface area (Å²) in [5.41, 5.74) is 0. The number of amides is 4. The fourth-order valence-electron chi connectivity index (χ4n) is 4.15. The molecule has 0 aromatic carbocycles. The van der Waals surface area contributed by atoms with Gasteiger partial charge in [0.05, 0.1) is 24.2 Å². The van der Waals surface area contributed by atoms with E-state index in [-0.39, 0.29) is 48.6 Å². The largest absolute Gasteiger partial charge is 0.324 e. The lowest BCUT2D eigenvalue weighted by molar-refractivity contribution is 0.171. The molecule has 4 saturated heterocycles. The third kappa shape index (κ3) is 0.778. The Morgan fingerprint density at radius 3 is 1.06 bits per heavy atom. The molecule has 4 amide bonds. The summed E-state index contributed by atoms with van der Waals surface area (Å²) >= 11 is 0. The molecule has 4 fully saturated rings. The highest BCUT2D eigenvalue weighted by Crippen LogP contribution is 2.48. The first-order valence-electron chi connectivity index (χ1n) is 6.68. The topological polar surface area (TPSA) is 47.1 Å². The van der Waals surface area contributed by atoms with Crippen molar-refractivity contribution in [3.8, 4) is 0 Å². The zero-order valence-corrected chi connectivity index (χ0v) is 11.1. The summed E-state index contributed by atoms with van der Waals surface area (Å²) in [7, 11) is 0. The summed E-state index contributed by atoms with van der Waals surface area (Å²) in [6.07, 6.45) is -0.134. The van der Waals surface area contributed by atoms with Crippen LogP contribution >= 0.6 is 0 Å². The standard InChI is InChI=1S/C12H18N4O2/c1-5-6(2)14-9-10-15(11(17)13(5)9)7(3)8(4)16(10)12(14)18/h5-10H,1-4H3. The zero-order chi connectivity index (χ0) is 12.9. The Morgan fingerprint density at radius 2 is 0.833 bits per heavy atom. The van der Waals surface area contributed by atoms with Gasteiger partial charge in [0.15, 0.2) is 12.3 Å². The molecule has 18 heavy (non-hydrogen) atoms. The molecule has 4 aliphatic rings. The quantitative estimate of drug-likeness (QED) is 0.635. The smallest absolute Gasteiger partial charge is 0.295 e. The van der Waals surface area contributed by atoms with E-state index in [0.717, 1.165) is 0 Å². The van der Waals surface area contributed by atoms with Crippen molar-refractivity contribution in [3.63, 3.8) is 0 Å². The predicted molar refractivity (Wildman–Crippen MR) is 63.6 cm³/mol. The van der Waals surface area contributed by atoms with Gasteiger partial charge < -0.3 is 0 Å². The molecule has 4 unspecified atom stereocenters. The molecule has 0 radical (unpaired) electrons. The van der Waals surface area contributed by atoms with Gasteiger partial charge in [-0.15, -0.1) is 0 Å². The number of hydrogen-bond acceptors (Lipinski definition) is 2. The predicted octanol–water partition coefficient (Wildman–Crippen LogP) is 0.695. The van der Waals surface area contributed by atoms with Gasteiger partial charge in [0.1, 0.15) is 0 Å². The maximum absolute atomic E-state index is 12.5. The van der Waals surface area contributed by atoms with Crippen molar-refractivity contribution >= 4 is 12.1 Å². The summed E-state index contributed by atoms with van der Waals surface area (Å²) in [5, 5.41) is 0. The highest BCUT2D eigenvalue weighted by Gasteiger charge is 2.70. The molecule has 6 heteroatoms. The molecule has 0 saturated carbocycles. The van der Waals surface area contributed by atoms with Gasteiger partial charge in [-0.1, -0.05) is 0 Å². The Balaban J connectivity index is 1.89. The maximum atomic E-state index is 12.5. The number of hydrogen-bond donors (Lipinski definition) is 0. The molecule has 4 rings (SSSR count). The van der Waals surface area contributed by atoms with Crippen molar-refractivity contribution in [1.29, 1.82) is 0 Å². The van der Waals surface area contributed by atoms with E-state index >= 15 is 0 Å². The minimum absolute atomic E-state index is 0.0672. The Kier molecular flexibility index (Phi) is 1.60. The SMILES string of the molecule is CC1C(C)N2C(=O)N3C(C)C(C)N4C(=O)N1C2C43. The third-order valence-electron chi connectivity index (χ3n) is 5.44. The highest BCUT2D eigenvalue weighted by molar-refractivity contribution is 5.88. The normalized spacial score (nSPS) is 48.9. The van der Waals surface area contributed by atoms with Gasteiger partial charge in [0.2, 0.25) is 0 Å². The fourth-order valence-corrected chi connectivity index (χ4v) is 4.15. The van der Waals surface area contributed by atoms with E-state index in [9.17, 15) is 9.59 Å². The molecule has 0 aromatic heterocycles. The van der Waals surface area contributed by atoms with E-state index in [0.29, 0.717) is 0 Å². The molecule has 0 N–H and O–H groups in total. The van der Waals surface area contributed by atoms with Crippen LogP contribution in [0.15, 0.2) is 0 Å². The van der Waals surface area contributed by atoms with Crippen molar-refractivity contribution in [2.75, 3.05) is 0 Å². The first kappa shape index (κ1) is 10.5. The molecular weight excluding hydrogens is 232 g/mol. The molecule has 0 bridgehead atoms. The lowest BCUT2D eigenvalue weighted by Crippen LogP contribution is -2.46. The molecule has 6 nitrogen and oxygen atoms in total. The van der Waals surface area contributed by atoms with E-state index in [1.54, 1.807) is 0 Å². The Hall–Kier alpha value is -1.46. The molecule has 4 atom stereocenters. The van der Waals surface area contributed by atoms with Crippen LogP contribution in [0, 0.1) is 0 Å². The number of carbonyl (C=O) groups excluding carboxylic acids is 2. The van der Waals surface area contributed by atoms with E-state index in [1.807, 2.05) is 47.3 Å². The van der Waals surface area contributed by atoms with E-state index in [1.165, 1.54) is 0 Å². The summed E-state index contributed by atoms with van der Waals surface area (Å²) in [6, 6.07) is 0.647. The average Bonchev–Trinajstić information content (AvgIpc) is 2.92. The van der Waals surface area contributed by atoms with Gasteiger partial charge >= 0.3 is 12.1 Å².